The van der Waals surface area contributed by atoms with Gasteiger partial charge in [-0.1, -0.05) is 40.8 Å². The molecule has 116 valence electrons. The fraction of sp³-hybridized carbons (Fsp3) is 0.389. The minimum absolute atomic E-state index is 0. The molecule has 0 aliphatic carbocycles. The van der Waals surface area contributed by atoms with Crippen molar-refractivity contribution in [1.29, 1.82) is 0 Å². The second-order valence-electron chi connectivity index (χ2n) is 4.22. The summed E-state index contributed by atoms with van der Waals surface area (Å²) in [5, 5.41) is 0. The maximum atomic E-state index is 5.22. The Balaban J connectivity index is 0.000000363. The lowest BCUT2D eigenvalue weighted by molar-refractivity contribution is 0.174. The van der Waals surface area contributed by atoms with Gasteiger partial charge in [0.25, 0.3) is 0 Å². The molecule has 2 aromatic rings. The van der Waals surface area contributed by atoms with E-state index in [1.807, 2.05) is 36.5 Å². The van der Waals surface area contributed by atoms with Crippen LogP contribution in [0.15, 0.2) is 42.6 Å². The Morgan fingerprint density at radius 3 is 2.29 bits per heavy atom. The first-order valence-corrected chi connectivity index (χ1v) is 6.62. The molecule has 1 aromatic heterocycles. The minimum atomic E-state index is 0. The Labute approximate surface area is 129 Å². The van der Waals surface area contributed by atoms with E-state index in [-0.39, 0.29) is 14.9 Å². The normalized spacial score (nSPS) is 10.6. The van der Waals surface area contributed by atoms with Crippen molar-refractivity contribution in [3.63, 3.8) is 0 Å². The van der Waals surface area contributed by atoms with Gasteiger partial charge in [-0.3, -0.25) is 4.98 Å². The van der Waals surface area contributed by atoms with Crippen LogP contribution in [-0.4, -0.2) is 11.8 Å². The standard InChI is InChI=1S/C9H10O2.C7H9N.2CH4/c1-2-7-3-4-8-9(5-7)11-6-10-8;1-2-7-5-3-4-6-8-7;;/h3-5H,2,6H2,1H3;3-6H,2H2,1H3;2*1H4. The van der Waals surface area contributed by atoms with Gasteiger partial charge in [0.1, 0.15) is 0 Å². The molecule has 0 saturated carbocycles. The summed E-state index contributed by atoms with van der Waals surface area (Å²) in [6.07, 6.45) is 3.89. The molecule has 1 aliphatic rings. The summed E-state index contributed by atoms with van der Waals surface area (Å²) in [5.74, 6) is 1.74. The van der Waals surface area contributed by atoms with Crippen LogP contribution in [0, 0.1) is 0 Å². The quantitative estimate of drug-likeness (QED) is 0.788. The first kappa shape index (κ1) is 19.0. The molecule has 0 atom stereocenters. The SMILES string of the molecule is C.C.CCc1ccc2c(c1)OCO2.CCc1ccccn1. The number of hydrogen-bond donors (Lipinski definition) is 0. The van der Waals surface area contributed by atoms with Crippen LogP contribution in [0.3, 0.4) is 0 Å². The van der Waals surface area contributed by atoms with E-state index >= 15 is 0 Å². The highest BCUT2D eigenvalue weighted by Crippen LogP contribution is 2.32. The average Bonchev–Trinajstić information content (AvgIpc) is 2.96. The van der Waals surface area contributed by atoms with Crippen molar-refractivity contribution in [2.45, 2.75) is 41.5 Å². The van der Waals surface area contributed by atoms with Crippen LogP contribution in [0.5, 0.6) is 11.5 Å². The number of benzene rings is 1. The van der Waals surface area contributed by atoms with Gasteiger partial charge in [0, 0.05) is 11.9 Å². The lowest BCUT2D eigenvalue weighted by Crippen LogP contribution is -1.92. The van der Waals surface area contributed by atoms with Crippen molar-refractivity contribution in [3.05, 3.63) is 53.9 Å². The van der Waals surface area contributed by atoms with Gasteiger partial charge in [-0.2, -0.15) is 0 Å². The van der Waals surface area contributed by atoms with Gasteiger partial charge in [0.05, 0.1) is 0 Å². The summed E-state index contributed by atoms with van der Waals surface area (Å²) in [6.45, 7) is 4.59. The van der Waals surface area contributed by atoms with Crippen LogP contribution < -0.4 is 9.47 Å². The van der Waals surface area contributed by atoms with Crippen LogP contribution in [0.2, 0.25) is 0 Å². The average molecular weight is 289 g/mol. The molecule has 3 rings (SSSR count). The van der Waals surface area contributed by atoms with E-state index in [1.165, 1.54) is 5.56 Å². The van der Waals surface area contributed by atoms with Crippen LogP contribution in [0.4, 0.5) is 0 Å². The third-order valence-corrected chi connectivity index (χ3v) is 2.93. The van der Waals surface area contributed by atoms with Gasteiger partial charge >= 0.3 is 0 Å². The Hall–Kier alpha value is -2.03. The Bertz CT molecular complexity index is 512. The van der Waals surface area contributed by atoms with E-state index in [1.54, 1.807) is 0 Å². The van der Waals surface area contributed by atoms with E-state index in [2.05, 4.69) is 24.9 Å². The van der Waals surface area contributed by atoms with E-state index in [9.17, 15) is 0 Å². The molecule has 21 heavy (non-hydrogen) atoms. The Morgan fingerprint density at radius 2 is 1.71 bits per heavy atom. The lowest BCUT2D eigenvalue weighted by Gasteiger charge is -1.97. The van der Waals surface area contributed by atoms with Gasteiger partial charge in [-0.15, -0.1) is 0 Å². The second-order valence-corrected chi connectivity index (χ2v) is 4.22. The fourth-order valence-electron chi connectivity index (χ4n) is 1.77. The number of nitrogens with zero attached hydrogens (tertiary/aromatic N) is 1. The smallest absolute Gasteiger partial charge is 0.231 e. The molecule has 0 radical (unpaired) electrons. The van der Waals surface area contributed by atoms with Gasteiger partial charge in [-0.25, -0.2) is 0 Å². The highest BCUT2D eigenvalue weighted by atomic mass is 16.7. The third-order valence-electron chi connectivity index (χ3n) is 2.93. The van der Waals surface area contributed by atoms with Crippen LogP contribution in [0.25, 0.3) is 0 Å². The number of pyridine rings is 1. The van der Waals surface area contributed by atoms with Crippen LogP contribution in [-0.2, 0) is 12.8 Å². The summed E-state index contributed by atoms with van der Waals surface area (Å²) in [7, 11) is 0. The number of aromatic nitrogens is 1. The molecule has 2 heterocycles. The highest BCUT2D eigenvalue weighted by molar-refractivity contribution is 5.44. The lowest BCUT2D eigenvalue weighted by atomic mass is 10.1. The molecule has 0 spiro atoms. The van der Waals surface area contributed by atoms with Crippen molar-refractivity contribution in [2.24, 2.45) is 0 Å². The summed E-state index contributed by atoms with van der Waals surface area (Å²) in [4.78, 5) is 4.10. The van der Waals surface area contributed by atoms with Crippen molar-refractivity contribution in [2.75, 3.05) is 6.79 Å². The van der Waals surface area contributed by atoms with Gasteiger partial charge in [0.15, 0.2) is 11.5 Å². The van der Waals surface area contributed by atoms with Crippen molar-refractivity contribution >= 4 is 0 Å². The zero-order valence-electron chi connectivity index (χ0n) is 11.4. The number of fused-ring (bicyclic) bond motifs is 1. The van der Waals surface area contributed by atoms with Gasteiger partial charge < -0.3 is 9.47 Å². The molecule has 0 amide bonds. The molecular weight excluding hydrogens is 262 g/mol. The predicted octanol–water partition coefficient (Wildman–Crippen LogP) is 4.89. The zero-order valence-corrected chi connectivity index (χ0v) is 11.4. The van der Waals surface area contributed by atoms with Crippen LogP contribution in [0.1, 0.15) is 40.0 Å². The number of ether oxygens (including phenoxy) is 2. The minimum Gasteiger partial charge on any atom is -0.454 e. The summed E-state index contributed by atoms with van der Waals surface area (Å²) in [5.41, 5.74) is 2.45. The maximum absolute atomic E-state index is 5.22. The monoisotopic (exact) mass is 289 g/mol. The molecule has 0 unspecified atom stereocenters. The number of hydrogen-bond acceptors (Lipinski definition) is 3. The largest absolute Gasteiger partial charge is 0.454 e. The molecule has 1 aromatic carbocycles. The second kappa shape index (κ2) is 9.81. The molecule has 3 heteroatoms. The van der Waals surface area contributed by atoms with Crippen molar-refractivity contribution in [1.82, 2.24) is 4.98 Å². The zero-order chi connectivity index (χ0) is 13.5. The molecule has 0 saturated heterocycles. The van der Waals surface area contributed by atoms with E-state index < -0.39 is 0 Å². The first-order valence-electron chi connectivity index (χ1n) is 6.62. The summed E-state index contributed by atoms with van der Waals surface area (Å²) in [6, 6.07) is 12.0. The van der Waals surface area contributed by atoms with Gasteiger partial charge in [0.2, 0.25) is 6.79 Å². The predicted molar refractivity (Wildman–Crippen MR) is 89.0 cm³/mol. The maximum Gasteiger partial charge on any atom is 0.231 e. The summed E-state index contributed by atoms with van der Waals surface area (Å²) < 4.78 is 10.4. The fourth-order valence-corrected chi connectivity index (χ4v) is 1.77. The molecule has 3 nitrogen and oxygen atoms in total. The van der Waals surface area contributed by atoms with Gasteiger partial charge in [-0.05, 0) is 42.7 Å². The topological polar surface area (TPSA) is 31.4 Å². The molecule has 0 bridgehead atoms. The summed E-state index contributed by atoms with van der Waals surface area (Å²) >= 11 is 0. The highest BCUT2D eigenvalue weighted by Gasteiger charge is 2.11. The number of aryl methyl sites for hydroxylation is 2. The van der Waals surface area contributed by atoms with Crippen molar-refractivity contribution in [3.8, 4) is 11.5 Å². The van der Waals surface area contributed by atoms with Crippen LogP contribution >= 0.6 is 0 Å². The first-order chi connectivity index (χ1) is 9.33. The molecular formula is C18H27NO2. The molecule has 0 N–H and O–H groups in total. The van der Waals surface area contributed by atoms with E-state index in [4.69, 9.17) is 9.47 Å². The molecule has 0 fully saturated rings. The molecule has 1 aliphatic heterocycles. The van der Waals surface area contributed by atoms with Crippen molar-refractivity contribution < 1.29 is 9.47 Å². The van der Waals surface area contributed by atoms with E-state index in [0.717, 1.165) is 30.0 Å². The van der Waals surface area contributed by atoms with E-state index in [0.29, 0.717) is 6.79 Å². The Morgan fingerprint density at radius 1 is 0.952 bits per heavy atom. The third kappa shape index (κ3) is 5.46. The number of rotatable bonds is 2. The Kier molecular flexibility index (Phi) is 8.86.